The fourth-order valence-corrected chi connectivity index (χ4v) is 1.97. The summed E-state index contributed by atoms with van der Waals surface area (Å²) in [6.45, 7) is 0. The molecule has 0 unspecified atom stereocenters. The summed E-state index contributed by atoms with van der Waals surface area (Å²) in [7, 11) is 0. The smallest absolute Gasteiger partial charge is 0.230 e. The van der Waals surface area contributed by atoms with Gasteiger partial charge in [0.15, 0.2) is 0 Å². The van der Waals surface area contributed by atoms with Gasteiger partial charge in [0.05, 0.1) is 10.2 Å². The largest absolute Gasteiger partial charge is 1.00 e. The molecule has 0 radical (unpaired) electrons. The standard InChI is InChI=1S/C7H5NS2.Ag/c9-7-8-5-3-1-2-4-6(5)10-7;/h1-4H,(H,8,9);/q;+1. The third-order valence-corrected chi connectivity index (χ3v) is 2.50. The maximum atomic E-state index is 4.20. The predicted octanol–water partition coefficient (Wildman–Crippen LogP) is 2.58. The first-order valence-electron chi connectivity index (χ1n) is 2.91. The van der Waals surface area contributed by atoms with Crippen LogP contribution >= 0.6 is 24.0 Å². The Balaban J connectivity index is 0.000000605. The number of nitrogens with zero attached hydrogens (tertiary/aromatic N) is 1. The predicted molar refractivity (Wildman–Crippen MR) is 46.9 cm³/mol. The molecule has 2 aromatic rings. The average molecular weight is 275 g/mol. The number of thiazole rings is 1. The summed E-state index contributed by atoms with van der Waals surface area (Å²) >= 11 is 5.76. The monoisotopic (exact) mass is 274 g/mol. The maximum absolute atomic E-state index is 4.20. The molecule has 2 rings (SSSR count). The molecule has 0 fully saturated rings. The van der Waals surface area contributed by atoms with Gasteiger partial charge in [-0.3, -0.25) is 0 Å². The van der Waals surface area contributed by atoms with Crippen molar-refractivity contribution >= 4 is 34.2 Å². The van der Waals surface area contributed by atoms with Crippen LogP contribution in [-0.2, 0) is 22.4 Å². The summed E-state index contributed by atoms with van der Waals surface area (Å²) in [5.74, 6) is 0. The van der Waals surface area contributed by atoms with Crippen LogP contribution in [0.25, 0.3) is 10.2 Å². The number of hydrogen-bond acceptors (Lipinski definition) is 3. The van der Waals surface area contributed by atoms with E-state index in [2.05, 4.69) is 17.6 Å². The first-order chi connectivity index (χ1) is 4.86. The molecular weight excluding hydrogens is 270 g/mol. The Bertz CT molecular complexity index is 325. The molecule has 1 heterocycles. The van der Waals surface area contributed by atoms with E-state index in [1.54, 1.807) is 11.3 Å². The number of aromatic nitrogens is 1. The SMILES string of the molecule is Sc1nc2ccccc2s1.[Ag+]. The normalized spacial score (nSPS) is 9.55. The molecule has 0 spiro atoms. The number of thiol groups is 1. The first kappa shape index (κ1) is 9.29. The van der Waals surface area contributed by atoms with Crippen molar-refractivity contribution in [1.29, 1.82) is 0 Å². The van der Waals surface area contributed by atoms with Crippen LogP contribution in [0.4, 0.5) is 0 Å². The molecule has 0 amide bonds. The number of hydrogen-bond donors (Lipinski definition) is 1. The van der Waals surface area contributed by atoms with Gasteiger partial charge in [-0.2, -0.15) is 0 Å². The minimum Gasteiger partial charge on any atom is -0.230 e. The number of fused-ring (bicyclic) bond motifs is 1. The van der Waals surface area contributed by atoms with Gasteiger partial charge >= 0.3 is 22.4 Å². The van der Waals surface area contributed by atoms with Gasteiger partial charge in [0.2, 0.25) is 0 Å². The van der Waals surface area contributed by atoms with Gasteiger partial charge in [0.25, 0.3) is 0 Å². The molecule has 0 atom stereocenters. The second-order valence-corrected chi connectivity index (χ2v) is 3.72. The molecule has 0 aliphatic rings. The molecule has 1 aromatic heterocycles. The van der Waals surface area contributed by atoms with Crippen LogP contribution in [0.2, 0.25) is 0 Å². The summed E-state index contributed by atoms with van der Waals surface area (Å²) in [5.41, 5.74) is 1.04. The van der Waals surface area contributed by atoms with Gasteiger partial charge in [0, 0.05) is 0 Å². The topological polar surface area (TPSA) is 12.9 Å². The van der Waals surface area contributed by atoms with E-state index < -0.39 is 0 Å². The zero-order chi connectivity index (χ0) is 6.97. The molecule has 0 saturated heterocycles. The molecule has 1 aromatic carbocycles. The van der Waals surface area contributed by atoms with Crippen LogP contribution in [0.5, 0.6) is 0 Å². The summed E-state index contributed by atoms with van der Waals surface area (Å²) < 4.78 is 2.04. The van der Waals surface area contributed by atoms with Gasteiger partial charge < -0.3 is 0 Å². The van der Waals surface area contributed by atoms with E-state index >= 15 is 0 Å². The van der Waals surface area contributed by atoms with E-state index in [9.17, 15) is 0 Å². The van der Waals surface area contributed by atoms with E-state index in [4.69, 9.17) is 0 Å². The molecule has 0 aliphatic carbocycles. The van der Waals surface area contributed by atoms with E-state index in [1.165, 1.54) is 4.70 Å². The number of benzene rings is 1. The van der Waals surface area contributed by atoms with Crippen LogP contribution < -0.4 is 0 Å². The van der Waals surface area contributed by atoms with Gasteiger partial charge in [-0.05, 0) is 12.1 Å². The summed E-state index contributed by atoms with van der Waals surface area (Å²) in [4.78, 5) is 4.20. The Morgan fingerprint density at radius 1 is 1.27 bits per heavy atom. The average Bonchev–Trinajstić information content (AvgIpc) is 2.27. The molecule has 0 aliphatic heterocycles. The number of rotatable bonds is 0. The third-order valence-electron chi connectivity index (χ3n) is 1.28. The summed E-state index contributed by atoms with van der Waals surface area (Å²) in [6, 6.07) is 8.03. The second-order valence-electron chi connectivity index (χ2n) is 1.96. The minimum absolute atomic E-state index is 0. The fourth-order valence-electron chi connectivity index (χ4n) is 0.860. The van der Waals surface area contributed by atoms with E-state index in [0.717, 1.165) is 9.86 Å². The minimum atomic E-state index is 0. The molecular formula is C7H5AgNS2+. The molecule has 0 bridgehead atoms. The third kappa shape index (κ3) is 1.86. The summed E-state index contributed by atoms with van der Waals surface area (Å²) in [6.07, 6.45) is 0. The van der Waals surface area contributed by atoms with Crippen LogP contribution in [0.15, 0.2) is 28.6 Å². The summed E-state index contributed by atoms with van der Waals surface area (Å²) in [5, 5.41) is 0. The van der Waals surface area contributed by atoms with Crippen LogP contribution in [-0.4, -0.2) is 4.98 Å². The molecule has 0 saturated carbocycles. The Kier molecular flexibility index (Phi) is 3.16. The van der Waals surface area contributed by atoms with Crippen LogP contribution in [0.3, 0.4) is 0 Å². The van der Waals surface area contributed by atoms with Crippen molar-refractivity contribution in [2.75, 3.05) is 0 Å². The van der Waals surface area contributed by atoms with Crippen molar-refractivity contribution in [3.8, 4) is 0 Å². The molecule has 0 N–H and O–H groups in total. The Morgan fingerprint density at radius 3 is 2.73 bits per heavy atom. The zero-order valence-electron chi connectivity index (χ0n) is 5.41. The Morgan fingerprint density at radius 2 is 2.00 bits per heavy atom. The first-order valence-corrected chi connectivity index (χ1v) is 4.17. The van der Waals surface area contributed by atoms with Gasteiger partial charge in [-0.15, -0.1) is 24.0 Å². The van der Waals surface area contributed by atoms with Crippen molar-refractivity contribution in [3.63, 3.8) is 0 Å². The fraction of sp³-hybridized carbons (Fsp3) is 0. The molecule has 1 nitrogen and oxygen atoms in total. The van der Waals surface area contributed by atoms with E-state index in [-0.39, 0.29) is 22.4 Å². The van der Waals surface area contributed by atoms with Crippen molar-refractivity contribution in [3.05, 3.63) is 24.3 Å². The Labute approximate surface area is 89.8 Å². The zero-order valence-corrected chi connectivity index (χ0v) is 8.61. The van der Waals surface area contributed by atoms with Gasteiger partial charge in [0.1, 0.15) is 4.34 Å². The maximum Gasteiger partial charge on any atom is 1.00 e. The van der Waals surface area contributed by atoms with Crippen molar-refractivity contribution in [1.82, 2.24) is 4.98 Å². The molecule has 60 valence electrons. The van der Waals surface area contributed by atoms with E-state index in [0.29, 0.717) is 0 Å². The van der Waals surface area contributed by atoms with E-state index in [1.807, 2.05) is 24.3 Å². The second kappa shape index (κ2) is 3.74. The van der Waals surface area contributed by atoms with Crippen LogP contribution in [0, 0.1) is 0 Å². The molecule has 11 heavy (non-hydrogen) atoms. The Hall–Kier alpha value is 0.200. The quantitative estimate of drug-likeness (QED) is 0.576. The van der Waals surface area contributed by atoms with Crippen molar-refractivity contribution < 1.29 is 22.4 Å². The van der Waals surface area contributed by atoms with Gasteiger partial charge in [-0.1, -0.05) is 12.1 Å². The number of para-hydroxylation sites is 1. The molecule has 4 heteroatoms. The van der Waals surface area contributed by atoms with Gasteiger partial charge in [-0.25, -0.2) is 4.98 Å². The van der Waals surface area contributed by atoms with Crippen molar-refractivity contribution in [2.24, 2.45) is 0 Å². The van der Waals surface area contributed by atoms with Crippen LogP contribution in [0.1, 0.15) is 0 Å². The van der Waals surface area contributed by atoms with Crippen molar-refractivity contribution in [2.45, 2.75) is 4.34 Å².